The van der Waals surface area contributed by atoms with Crippen molar-refractivity contribution in [1.82, 2.24) is 0 Å². The fourth-order valence-corrected chi connectivity index (χ4v) is 3.50. The monoisotopic (exact) mass is 363 g/mol. The molecule has 0 aliphatic rings. The maximum atomic E-state index is 13.5. The summed E-state index contributed by atoms with van der Waals surface area (Å²) in [6.45, 7) is 3.88. The average molecular weight is 363 g/mol. The van der Waals surface area contributed by atoms with Crippen LogP contribution < -0.4 is 0 Å². The molecule has 0 saturated heterocycles. The van der Waals surface area contributed by atoms with Crippen molar-refractivity contribution in [2.75, 3.05) is 0 Å². The molecule has 0 nitrogen and oxygen atoms in total. The summed E-state index contributed by atoms with van der Waals surface area (Å²) in [5, 5.41) is 0. The fraction of sp³-hybridized carbons (Fsp3) is 0.0370. The number of benzene rings is 4. The van der Waals surface area contributed by atoms with E-state index in [1.807, 2.05) is 42.5 Å². The van der Waals surface area contributed by atoms with Gasteiger partial charge in [-0.3, -0.25) is 0 Å². The van der Waals surface area contributed by atoms with Gasteiger partial charge in [-0.25, -0.2) is 4.39 Å². The Kier molecular flexibility index (Phi) is 5.16. The number of hydrogen-bond donors (Lipinski definition) is 0. The standard InChI is InChI=1S/C27H20F/c1-2-7-23-10-6-11-26(27(23)24-16-18-25(28)19-17-24)22-14-12-21(13-15-22)20-8-4-3-5-9-20/h2-6,8-10,12-19H,1,7H2. The van der Waals surface area contributed by atoms with Crippen molar-refractivity contribution < 1.29 is 4.39 Å². The summed E-state index contributed by atoms with van der Waals surface area (Å²) in [5.74, 6) is -0.234. The van der Waals surface area contributed by atoms with E-state index in [2.05, 4.69) is 55.1 Å². The quantitative estimate of drug-likeness (QED) is 0.325. The normalized spacial score (nSPS) is 10.6. The topological polar surface area (TPSA) is 0 Å². The Labute approximate surface area is 165 Å². The zero-order valence-electron chi connectivity index (χ0n) is 15.5. The highest BCUT2D eigenvalue weighted by atomic mass is 19.1. The third-order valence-corrected chi connectivity index (χ3v) is 4.86. The molecule has 4 aromatic rings. The molecule has 0 saturated carbocycles. The van der Waals surface area contributed by atoms with E-state index < -0.39 is 0 Å². The molecule has 28 heavy (non-hydrogen) atoms. The summed E-state index contributed by atoms with van der Waals surface area (Å²) in [6, 6.07) is 32.9. The highest BCUT2D eigenvalue weighted by molar-refractivity contribution is 5.86. The van der Waals surface area contributed by atoms with E-state index >= 15 is 0 Å². The Morgan fingerprint density at radius 3 is 2.00 bits per heavy atom. The smallest absolute Gasteiger partial charge is 0.123 e. The number of allylic oxidation sites excluding steroid dienone is 1. The van der Waals surface area contributed by atoms with Crippen LogP contribution in [0.4, 0.5) is 4.39 Å². The zero-order valence-corrected chi connectivity index (χ0v) is 15.5. The van der Waals surface area contributed by atoms with Gasteiger partial charge in [-0.05, 0) is 63.6 Å². The van der Waals surface area contributed by atoms with Gasteiger partial charge in [0.2, 0.25) is 0 Å². The fourth-order valence-electron chi connectivity index (χ4n) is 3.50. The Balaban J connectivity index is 1.82. The predicted molar refractivity (Wildman–Crippen MR) is 115 cm³/mol. The maximum absolute atomic E-state index is 13.5. The van der Waals surface area contributed by atoms with Crippen LogP contribution in [0, 0.1) is 11.9 Å². The lowest BCUT2D eigenvalue weighted by atomic mass is 9.89. The SMILES string of the molecule is C=CCc1cc[c]c(-c2ccc(-c3ccccc3)cc2)c1-c1ccc(F)cc1. The maximum Gasteiger partial charge on any atom is 0.123 e. The molecule has 0 bridgehead atoms. The Morgan fingerprint density at radius 2 is 1.32 bits per heavy atom. The lowest BCUT2D eigenvalue weighted by Crippen LogP contribution is -1.93. The molecule has 0 aromatic heterocycles. The van der Waals surface area contributed by atoms with E-state index in [4.69, 9.17) is 0 Å². The Hall–Kier alpha value is -3.45. The van der Waals surface area contributed by atoms with Gasteiger partial charge in [0, 0.05) is 0 Å². The molecule has 0 atom stereocenters. The van der Waals surface area contributed by atoms with Gasteiger partial charge >= 0.3 is 0 Å². The third-order valence-electron chi connectivity index (χ3n) is 4.86. The van der Waals surface area contributed by atoms with Crippen LogP contribution in [0.2, 0.25) is 0 Å². The van der Waals surface area contributed by atoms with Gasteiger partial charge in [0.15, 0.2) is 0 Å². The van der Waals surface area contributed by atoms with Crippen LogP contribution >= 0.6 is 0 Å². The summed E-state index contributed by atoms with van der Waals surface area (Å²) in [5.41, 5.74) is 7.69. The first kappa shape index (κ1) is 17.9. The van der Waals surface area contributed by atoms with Gasteiger partial charge in [-0.1, -0.05) is 84.9 Å². The van der Waals surface area contributed by atoms with Crippen molar-refractivity contribution in [1.29, 1.82) is 0 Å². The van der Waals surface area contributed by atoms with Gasteiger partial charge in [-0.2, -0.15) is 0 Å². The van der Waals surface area contributed by atoms with Crippen molar-refractivity contribution in [3.8, 4) is 33.4 Å². The lowest BCUT2D eigenvalue weighted by Gasteiger charge is -2.15. The molecule has 135 valence electrons. The number of halogens is 1. The van der Waals surface area contributed by atoms with Gasteiger partial charge in [0.05, 0.1) is 0 Å². The Morgan fingerprint density at radius 1 is 0.714 bits per heavy atom. The second kappa shape index (κ2) is 8.06. The van der Waals surface area contributed by atoms with Crippen LogP contribution in [-0.4, -0.2) is 0 Å². The number of rotatable bonds is 5. The van der Waals surface area contributed by atoms with E-state index in [-0.39, 0.29) is 5.82 Å². The second-order valence-electron chi connectivity index (χ2n) is 6.70. The molecule has 0 unspecified atom stereocenters. The third kappa shape index (κ3) is 3.65. The zero-order chi connectivity index (χ0) is 19.3. The molecule has 0 fully saturated rings. The molecular weight excluding hydrogens is 343 g/mol. The second-order valence-corrected chi connectivity index (χ2v) is 6.70. The Bertz CT molecular complexity index is 1080. The average Bonchev–Trinajstić information content (AvgIpc) is 2.75. The minimum absolute atomic E-state index is 0.234. The van der Waals surface area contributed by atoms with Crippen LogP contribution in [0.15, 0.2) is 104 Å². The van der Waals surface area contributed by atoms with Crippen molar-refractivity contribution in [2.45, 2.75) is 6.42 Å². The van der Waals surface area contributed by atoms with E-state index in [0.717, 1.165) is 34.2 Å². The van der Waals surface area contributed by atoms with Crippen LogP contribution in [0.5, 0.6) is 0 Å². The predicted octanol–water partition coefficient (Wildman–Crippen LogP) is 7.36. The van der Waals surface area contributed by atoms with Crippen LogP contribution in [-0.2, 0) is 6.42 Å². The van der Waals surface area contributed by atoms with Crippen molar-refractivity contribution in [3.05, 3.63) is 121 Å². The first-order valence-electron chi connectivity index (χ1n) is 9.32. The molecule has 0 aliphatic heterocycles. The van der Waals surface area contributed by atoms with Gasteiger partial charge in [-0.15, -0.1) is 6.58 Å². The molecule has 1 radical (unpaired) electrons. The van der Waals surface area contributed by atoms with E-state index in [1.54, 1.807) is 0 Å². The van der Waals surface area contributed by atoms with Gasteiger partial charge in [0.1, 0.15) is 5.82 Å². The molecule has 1 heteroatoms. The summed E-state index contributed by atoms with van der Waals surface area (Å²) >= 11 is 0. The molecular formula is C27H20F. The minimum atomic E-state index is -0.234. The summed E-state index contributed by atoms with van der Waals surface area (Å²) < 4.78 is 13.5. The first-order valence-corrected chi connectivity index (χ1v) is 9.32. The van der Waals surface area contributed by atoms with Gasteiger partial charge in [0.25, 0.3) is 0 Å². The van der Waals surface area contributed by atoms with E-state index in [9.17, 15) is 4.39 Å². The first-order chi connectivity index (χ1) is 13.8. The van der Waals surface area contributed by atoms with Crippen LogP contribution in [0.25, 0.3) is 33.4 Å². The lowest BCUT2D eigenvalue weighted by molar-refractivity contribution is 0.628. The highest BCUT2D eigenvalue weighted by Crippen LogP contribution is 2.36. The summed E-state index contributed by atoms with van der Waals surface area (Å²) in [4.78, 5) is 0. The summed E-state index contributed by atoms with van der Waals surface area (Å²) in [6.07, 6.45) is 2.64. The largest absolute Gasteiger partial charge is 0.207 e. The molecule has 0 amide bonds. The van der Waals surface area contributed by atoms with Crippen molar-refractivity contribution in [3.63, 3.8) is 0 Å². The molecule has 0 heterocycles. The molecule has 4 rings (SSSR count). The van der Waals surface area contributed by atoms with Crippen LogP contribution in [0.1, 0.15) is 5.56 Å². The van der Waals surface area contributed by atoms with E-state index in [1.165, 1.54) is 23.3 Å². The van der Waals surface area contributed by atoms with Crippen molar-refractivity contribution >= 4 is 0 Å². The van der Waals surface area contributed by atoms with Crippen molar-refractivity contribution in [2.24, 2.45) is 0 Å². The molecule has 0 aliphatic carbocycles. The molecule has 0 N–H and O–H groups in total. The molecule has 4 aromatic carbocycles. The summed E-state index contributed by atoms with van der Waals surface area (Å²) in [7, 11) is 0. The molecule has 0 spiro atoms. The minimum Gasteiger partial charge on any atom is -0.207 e. The highest BCUT2D eigenvalue weighted by Gasteiger charge is 2.12. The van der Waals surface area contributed by atoms with E-state index in [0.29, 0.717) is 0 Å². The van der Waals surface area contributed by atoms with Crippen LogP contribution in [0.3, 0.4) is 0 Å². The van der Waals surface area contributed by atoms with Gasteiger partial charge < -0.3 is 0 Å². The number of hydrogen-bond acceptors (Lipinski definition) is 0.